The largest absolute Gasteiger partial charge is 0.497 e. The molecule has 0 spiro atoms. The number of nitrogens with zero attached hydrogens (tertiary/aromatic N) is 2. The first-order valence-electron chi connectivity index (χ1n) is 7.86. The summed E-state index contributed by atoms with van der Waals surface area (Å²) >= 11 is 0. The topological polar surface area (TPSA) is 58.1 Å². The Kier molecular flexibility index (Phi) is 9.09. The molecule has 0 aromatic heterocycles. The third-order valence-electron chi connectivity index (χ3n) is 3.61. The first-order chi connectivity index (χ1) is 11.1. The SMILES string of the molecule is CN=C(NCCCOC)NCC(c1cccc(OC)c1)N(C)C. The Morgan fingerprint density at radius 1 is 1.26 bits per heavy atom. The number of benzene rings is 1. The van der Waals surface area contributed by atoms with Gasteiger partial charge in [-0.05, 0) is 38.2 Å². The number of aliphatic imine (C=N–C) groups is 1. The van der Waals surface area contributed by atoms with Crippen molar-refractivity contribution in [3.63, 3.8) is 0 Å². The summed E-state index contributed by atoms with van der Waals surface area (Å²) in [4.78, 5) is 6.44. The minimum Gasteiger partial charge on any atom is -0.497 e. The highest BCUT2D eigenvalue weighted by molar-refractivity contribution is 5.79. The van der Waals surface area contributed by atoms with Gasteiger partial charge in [0.15, 0.2) is 5.96 Å². The van der Waals surface area contributed by atoms with E-state index in [-0.39, 0.29) is 6.04 Å². The Morgan fingerprint density at radius 3 is 2.65 bits per heavy atom. The minimum atomic E-state index is 0.225. The molecule has 0 radical (unpaired) electrons. The van der Waals surface area contributed by atoms with Gasteiger partial charge in [-0.1, -0.05) is 12.1 Å². The molecule has 0 saturated heterocycles. The molecule has 1 aromatic carbocycles. The number of rotatable bonds is 9. The van der Waals surface area contributed by atoms with Gasteiger partial charge in [-0.25, -0.2) is 0 Å². The van der Waals surface area contributed by atoms with E-state index in [0.717, 1.165) is 37.8 Å². The van der Waals surface area contributed by atoms with Gasteiger partial charge in [0.05, 0.1) is 13.2 Å². The highest BCUT2D eigenvalue weighted by Gasteiger charge is 2.15. The lowest BCUT2D eigenvalue weighted by atomic mass is 10.1. The standard InChI is InChI=1S/C17H30N4O2/c1-18-17(19-10-7-11-22-4)20-13-16(21(2)3)14-8-6-9-15(12-14)23-5/h6,8-9,12,16H,7,10-11,13H2,1-5H3,(H2,18,19,20). The number of likely N-dealkylation sites (N-methyl/N-ethyl adjacent to an activating group) is 1. The average molecular weight is 322 g/mol. The van der Waals surface area contributed by atoms with E-state index in [9.17, 15) is 0 Å². The Hall–Kier alpha value is -1.79. The van der Waals surface area contributed by atoms with Gasteiger partial charge in [0.2, 0.25) is 0 Å². The zero-order valence-corrected chi connectivity index (χ0v) is 14.9. The van der Waals surface area contributed by atoms with Gasteiger partial charge in [-0.15, -0.1) is 0 Å². The predicted octanol–water partition coefficient (Wildman–Crippen LogP) is 1.50. The van der Waals surface area contributed by atoms with E-state index in [1.165, 1.54) is 5.56 Å². The highest BCUT2D eigenvalue weighted by atomic mass is 16.5. The van der Waals surface area contributed by atoms with Gasteiger partial charge in [0.25, 0.3) is 0 Å². The molecule has 23 heavy (non-hydrogen) atoms. The number of hydrogen-bond donors (Lipinski definition) is 2. The van der Waals surface area contributed by atoms with E-state index in [1.807, 2.05) is 12.1 Å². The van der Waals surface area contributed by atoms with Crippen LogP contribution in [0.15, 0.2) is 29.3 Å². The molecule has 2 N–H and O–H groups in total. The molecule has 1 rings (SSSR count). The van der Waals surface area contributed by atoms with Crippen LogP contribution in [0.2, 0.25) is 0 Å². The molecule has 0 amide bonds. The van der Waals surface area contributed by atoms with Crippen molar-refractivity contribution < 1.29 is 9.47 Å². The molecule has 1 aromatic rings. The fourth-order valence-electron chi connectivity index (χ4n) is 2.28. The van der Waals surface area contributed by atoms with Gasteiger partial charge >= 0.3 is 0 Å². The smallest absolute Gasteiger partial charge is 0.191 e. The zero-order chi connectivity index (χ0) is 17.1. The van der Waals surface area contributed by atoms with Gasteiger partial charge in [0.1, 0.15) is 5.75 Å². The molecule has 6 heteroatoms. The van der Waals surface area contributed by atoms with E-state index in [2.05, 4.69) is 46.8 Å². The van der Waals surface area contributed by atoms with Crippen LogP contribution in [0.5, 0.6) is 5.75 Å². The Balaban J connectivity index is 2.61. The van der Waals surface area contributed by atoms with Crippen molar-refractivity contribution in [3.8, 4) is 5.75 Å². The number of ether oxygens (including phenoxy) is 2. The van der Waals surface area contributed by atoms with Crippen LogP contribution in [0.25, 0.3) is 0 Å². The van der Waals surface area contributed by atoms with Crippen LogP contribution < -0.4 is 15.4 Å². The van der Waals surface area contributed by atoms with E-state index in [1.54, 1.807) is 21.3 Å². The molecule has 1 unspecified atom stereocenters. The lowest BCUT2D eigenvalue weighted by Gasteiger charge is -2.26. The van der Waals surface area contributed by atoms with Crippen molar-refractivity contribution in [1.82, 2.24) is 15.5 Å². The van der Waals surface area contributed by atoms with Crippen LogP contribution in [-0.2, 0) is 4.74 Å². The maximum absolute atomic E-state index is 5.32. The second-order valence-electron chi connectivity index (χ2n) is 5.48. The van der Waals surface area contributed by atoms with E-state index >= 15 is 0 Å². The van der Waals surface area contributed by atoms with Crippen LogP contribution in [0, 0.1) is 0 Å². The lowest BCUT2D eigenvalue weighted by molar-refractivity contribution is 0.195. The van der Waals surface area contributed by atoms with E-state index in [4.69, 9.17) is 9.47 Å². The molecule has 130 valence electrons. The van der Waals surface area contributed by atoms with Crippen molar-refractivity contribution in [1.29, 1.82) is 0 Å². The molecule has 0 bridgehead atoms. The third-order valence-corrected chi connectivity index (χ3v) is 3.61. The Bertz CT molecular complexity index is 477. The summed E-state index contributed by atoms with van der Waals surface area (Å²) in [5.41, 5.74) is 1.21. The Labute approximate surface area is 139 Å². The lowest BCUT2D eigenvalue weighted by Crippen LogP contribution is -2.42. The van der Waals surface area contributed by atoms with Crippen molar-refractivity contribution >= 4 is 5.96 Å². The summed E-state index contributed by atoms with van der Waals surface area (Å²) in [5, 5.41) is 6.67. The summed E-state index contributed by atoms with van der Waals surface area (Å²) in [6.45, 7) is 2.33. The molecule has 0 heterocycles. The third kappa shape index (κ3) is 6.88. The first kappa shape index (κ1) is 19.3. The molecular formula is C17H30N4O2. The van der Waals surface area contributed by atoms with E-state index < -0.39 is 0 Å². The normalized spacial score (nSPS) is 13.0. The second-order valence-corrected chi connectivity index (χ2v) is 5.48. The molecule has 1 atom stereocenters. The monoisotopic (exact) mass is 322 g/mol. The number of hydrogen-bond acceptors (Lipinski definition) is 4. The number of methoxy groups -OCH3 is 2. The summed E-state index contributed by atoms with van der Waals surface area (Å²) in [6.07, 6.45) is 0.949. The van der Waals surface area contributed by atoms with Crippen LogP contribution in [-0.4, -0.2) is 65.9 Å². The maximum atomic E-state index is 5.32. The van der Waals surface area contributed by atoms with Gasteiger partial charge in [-0.2, -0.15) is 0 Å². The van der Waals surface area contributed by atoms with Crippen LogP contribution in [0.3, 0.4) is 0 Å². The fourth-order valence-corrected chi connectivity index (χ4v) is 2.28. The molecule has 0 fully saturated rings. The molecule has 0 saturated carbocycles. The van der Waals surface area contributed by atoms with Crippen LogP contribution >= 0.6 is 0 Å². The molecule has 0 aliphatic carbocycles. The van der Waals surface area contributed by atoms with Crippen molar-refractivity contribution in [2.24, 2.45) is 4.99 Å². The average Bonchev–Trinajstić information content (AvgIpc) is 2.56. The summed E-state index contributed by atoms with van der Waals surface area (Å²) in [5.74, 6) is 1.67. The number of nitrogens with one attached hydrogen (secondary N) is 2. The fraction of sp³-hybridized carbons (Fsp3) is 0.588. The molecule has 0 aliphatic rings. The molecular weight excluding hydrogens is 292 g/mol. The van der Waals surface area contributed by atoms with Crippen molar-refractivity contribution in [2.75, 3.05) is 55.1 Å². The summed E-state index contributed by atoms with van der Waals surface area (Å²) in [7, 11) is 9.32. The second kappa shape index (κ2) is 10.9. The zero-order valence-electron chi connectivity index (χ0n) is 14.9. The maximum Gasteiger partial charge on any atom is 0.191 e. The van der Waals surface area contributed by atoms with Gasteiger partial charge < -0.3 is 25.0 Å². The Morgan fingerprint density at radius 2 is 2.04 bits per heavy atom. The highest BCUT2D eigenvalue weighted by Crippen LogP contribution is 2.21. The number of guanidine groups is 1. The molecule has 0 aliphatic heterocycles. The van der Waals surface area contributed by atoms with Crippen molar-refractivity contribution in [2.45, 2.75) is 12.5 Å². The van der Waals surface area contributed by atoms with E-state index in [0.29, 0.717) is 0 Å². The van der Waals surface area contributed by atoms with Gasteiger partial charge in [-0.3, -0.25) is 4.99 Å². The predicted molar refractivity (Wildman–Crippen MR) is 95.3 cm³/mol. The quantitative estimate of drug-likeness (QED) is 0.410. The van der Waals surface area contributed by atoms with Crippen molar-refractivity contribution in [3.05, 3.63) is 29.8 Å². The van der Waals surface area contributed by atoms with Gasteiger partial charge in [0, 0.05) is 33.9 Å². The minimum absolute atomic E-state index is 0.225. The van der Waals surface area contributed by atoms with Crippen LogP contribution in [0.1, 0.15) is 18.0 Å². The van der Waals surface area contributed by atoms with Crippen LogP contribution in [0.4, 0.5) is 0 Å². The first-order valence-corrected chi connectivity index (χ1v) is 7.86. The molecule has 6 nitrogen and oxygen atoms in total. The summed E-state index contributed by atoms with van der Waals surface area (Å²) in [6, 6.07) is 8.38. The summed E-state index contributed by atoms with van der Waals surface area (Å²) < 4.78 is 10.4.